The maximum absolute atomic E-state index is 12.2. The van der Waals surface area contributed by atoms with Crippen LogP contribution < -0.4 is 10.9 Å². The molecule has 1 atom stereocenters. The standard InChI is InChI=1S/C19H22N4O3/c1-23(2)15(16-8-5-11-26-16)12-20-18(24)10-9-17-21-14-7-4-3-6-13(14)19(25)22-17/h3-8,11,15H,9-10,12H2,1-2H3,(H,20,24)(H,21,22,25). The number of benzene rings is 1. The van der Waals surface area contributed by atoms with Gasteiger partial charge in [0.15, 0.2) is 0 Å². The van der Waals surface area contributed by atoms with Crippen molar-refractivity contribution in [2.45, 2.75) is 18.9 Å². The van der Waals surface area contributed by atoms with E-state index in [-0.39, 0.29) is 23.9 Å². The number of aryl methyl sites for hydroxylation is 1. The zero-order valence-corrected chi connectivity index (χ0v) is 14.9. The molecule has 2 heterocycles. The second-order valence-corrected chi connectivity index (χ2v) is 6.33. The molecule has 0 saturated carbocycles. The minimum absolute atomic E-state index is 0.0347. The third kappa shape index (κ3) is 4.18. The Morgan fingerprint density at radius 3 is 2.81 bits per heavy atom. The molecule has 7 heteroatoms. The molecule has 0 bridgehead atoms. The number of nitrogens with zero attached hydrogens (tertiary/aromatic N) is 2. The van der Waals surface area contributed by atoms with Gasteiger partial charge in [-0.3, -0.25) is 14.5 Å². The van der Waals surface area contributed by atoms with Crippen LogP contribution in [0, 0.1) is 0 Å². The summed E-state index contributed by atoms with van der Waals surface area (Å²) in [4.78, 5) is 33.4. The minimum Gasteiger partial charge on any atom is -0.468 e. The van der Waals surface area contributed by atoms with Crippen LogP contribution in [-0.2, 0) is 11.2 Å². The Morgan fingerprint density at radius 1 is 1.27 bits per heavy atom. The third-order valence-electron chi connectivity index (χ3n) is 4.24. The fraction of sp³-hybridized carbons (Fsp3) is 0.316. The number of nitrogens with one attached hydrogen (secondary N) is 2. The number of hydrogen-bond donors (Lipinski definition) is 2. The number of aromatic nitrogens is 2. The fourth-order valence-corrected chi connectivity index (χ4v) is 2.80. The molecule has 1 aromatic carbocycles. The van der Waals surface area contributed by atoms with E-state index in [9.17, 15) is 9.59 Å². The summed E-state index contributed by atoms with van der Waals surface area (Å²) >= 11 is 0. The topological polar surface area (TPSA) is 91.2 Å². The van der Waals surface area contributed by atoms with Crippen molar-refractivity contribution in [2.24, 2.45) is 0 Å². The van der Waals surface area contributed by atoms with Gasteiger partial charge in [0.05, 0.1) is 23.2 Å². The van der Waals surface area contributed by atoms with E-state index >= 15 is 0 Å². The highest BCUT2D eigenvalue weighted by Gasteiger charge is 2.17. The number of carbonyl (C=O) groups excluding carboxylic acids is 1. The Bertz CT molecular complexity index is 931. The zero-order valence-electron chi connectivity index (χ0n) is 14.9. The molecule has 1 unspecified atom stereocenters. The first-order valence-electron chi connectivity index (χ1n) is 8.49. The monoisotopic (exact) mass is 354 g/mol. The van der Waals surface area contributed by atoms with Crippen molar-refractivity contribution in [3.63, 3.8) is 0 Å². The first kappa shape index (κ1) is 17.9. The summed E-state index contributed by atoms with van der Waals surface area (Å²) in [5.74, 6) is 1.22. The van der Waals surface area contributed by atoms with Gasteiger partial charge in [0.2, 0.25) is 5.91 Å². The maximum Gasteiger partial charge on any atom is 0.258 e. The molecule has 0 aliphatic rings. The molecule has 3 rings (SSSR count). The molecule has 0 fully saturated rings. The molecule has 3 aromatic rings. The van der Waals surface area contributed by atoms with Crippen LogP contribution >= 0.6 is 0 Å². The lowest BCUT2D eigenvalue weighted by atomic mass is 10.2. The largest absolute Gasteiger partial charge is 0.468 e. The first-order chi connectivity index (χ1) is 12.5. The Balaban J connectivity index is 1.58. The summed E-state index contributed by atoms with van der Waals surface area (Å²) in [6, 6.07) is 10.8. The molecule has 0 spiro atoms. The quantitative estimate of drug-likeness (QED) is 0.676. The van der Waals surface area contributed by atoms with Crippen LogP contribution in [0.5, 0.6) is 0 Å². The van der Waals surface area contributed by atoms with Crippen molar-refractivity contribution >= 4 is 16.8 Å². The second-order valence-electron chi connectivity index (χ2n) is 6.33. The molecular weight excluding hydrogens is 332 g/mol. The molecule has 2 N–H and O–H groups in total. The summed E-state index contributed by atoms with van der Waals surface area (Å²) < 4.78 is 5.43. The number of H-pyrrole nitrogens is 1. The van der Waals surface area contributed by atoms with E-state index < -0.39 is 0 Å². The zero-order chi connectivity index (χ0) is 18.5. The summed E-state index contributed by atoms with van der Waals surface area (Å²) in [5, 5.41) is 3.46. The molecular formula is C19H22N4O3. The lowest BCUT2D eigenvalue weighted by molar-refractivity contribution is -0.121. The highest BCUT2D eigenvalue weighted by atomic mass is 16.3. The van der Waals surface area contributed by atoms with Gasteiger partial charge in [-0.1, -0.05) is 12.1 Å². The van der Waals surface area contributed by atoms with Crippen molar-refractivity contribution < 1.29 is 9.21 Å². The molecule has 0 saturated heterocycles. The van der Waals surface area contributed by atoms with Crippen LogP contribution in [0.25, 0.3) is 10.9 Å². The fourth-order valence-electron chi connectivity index (χ4n) is 2.80. The van der Waals surface area contributed by atoms with E-state index in [4.69, 9.17) is 4.42 Å². The highest BCUT2D eigenvalue weighted by molar-refractivity contribution is 5.78. The molecule has 2 aromatic heterocycles. The van der Waals surface area contributed by atoms with E-state index in [1.807, 2.05) is 37.2 Å². The molecule has 0 radical (unpaired) electrons. The van der Waals surface area contributed by atoms with E-state index in [0.717, 1.165) is 5.76 Å². The number of hydrogen-bond acceptors (Lipinski definition) is 5. The van der Waals surface area contributed by atoms with Gasteiger partial charge in [-0.2, -0.15) is 0 Å². The molecule has 136 valence electrons. The van der Waals surface area contributed by atoms with Gasteiger partial charge in [0.1, 0.15) is 11.6 Å². The van der Waals surface area contributed by atoms with Crippen LogP contribution in [0.1, 0.15) is 24.0 Å². The number of para-hydroxylation sites is 1. The lowest BCUT2D eigenvalue weighted by Gasteiger charge is -2.22. The van der Waals surface area contributed by atoms with Gasteiger partial charge in [-0.25, -0.2) is 4.98 Å². The molecule has 0 aliphatic carbocycles. The Hall–Kier alpha value is -2.93. The van der Waals surface area contributed by atoms with E-state index in [1.165, 1.54) is 0 Å². The number of aromatic amines is 1. The van der Waals surface area contributed by atoms with Gasteiger partial charge >= 0.3 is 0 Å². The first-order valence-corrected chi connectivity index (χ1v) is 8.49. The lowest BCUT2D eigenvalue weighted by Crippen LogP contribution is -2.34. The molecule has 7 nitrogen and oxygen atoms in total. The number of likely N-dealkylation sites (N-methyl/N-ethyl adjacent to an activating group) is 1. The highest BCUT2D eigenvalue weighted by Crippen LogP contribution is 2.17. The number of amides is 1. The van der Waals surface area contributed by atoms with Crippen molar-refractivity contribution in [1.29, 1.82) is 0 Å². The van der Waals surface area contributed by atoms with Crippen LogP contribution in [-0.4, -0.2) is 41.4 Å². The van der Waals surface area contributed by atoms with Gasteiger partial charge in [0, 0.05) is 19.4 Å². The summed E-state index contributed by atoms with van der Waals surface area (Å²) in [7, 11) is 3.87. The van der Waals surface area contributed by atoms with Crippen molar-refractivity contribution in [3.8, 4) is 0 Å². The number of furan rings is 1. The maximum atomic E-state index is 12.2. The van der Waals surface area contributed by atoms with Gasteiger partial charge in [-0.15, -0.1) is 0 Å². The number of fused-ring (bicyclic) bond motifs is 1. The normalized spacial score (nSPS) is 12.4. The molecule has 0 aliphatic heterocycles. The summed E-state index contributed by atoms with van der Waals surface area (Å²) in [6.07, 6.45) is 2.24. The van der Waals surface area contributed by atoms with E-state index in [0.29, 0.717) is 29.7 Å². The van der Waals surface area contributed by atoms with Gasteiger partial charge in [-0.05, 0) is 38.4 Å². The van der Waals surface area contributed by atoms with Crippen molar-refractivity contribution in [2.75, 3.05) is 20.6 Å². The van der Waals surface area contributed by atoms with Crippen molar-refractivity contribution in [3.05, 3.63) is 64.6 Å². The Labute approximate surface area is 151 Å². The summed E-state index contributed by atoms with van der Waals surface area (Å²) in [5.41, 5.74) is 0.452. The van der Waals surface area contributed by atoms with Gasteiger partial charge < -0.3 is 14.7 Å². The average Bonchev–Trinajstić information content (AvgIpc) is 3.14. The second kappa shape index (κ2) is 7.97. The predicted octanol–water partition coefficient (Wildman–Crippen LogP) is 1.87. The Morgan fingerprint density at radius 2 is 2.08 bits per heavy atom. The SMILES string of the molecule is CN(C)C(CNC(=O)CCc1nc2ccccc2c(=O)[nH]1)c1ccco1. The van der Waals surface area contributed by atoms with E-state index in [2.05, 4.69) is 15.3 Å². The summed E-state index contributed by atoms with van der Waals surface area (Å²) in [6.45, 7) is 0.445. The minimum atomic E-state index is -0.184. The number of carbonyl (C=O) groups is 1. The molecule has 1 amide bonds. The van der Waals surface area contributed by atoms with E-state index in [1.54, 1.807) is 24.5 Å². The number of rotatable bonds is 7. The average molecular weight is 354 g/mol. The van der Waals surface area contributed by atoms with Gasteiger partial charge in [0.25, 0.3) is 5.56 Å². The third-order valence-corrected chi connectivity index (χ3v) is 4.24. The molecule has 26 heavy (non-hydrogen) atoms. The predicted molar refractivity (Wildman–Crippen MR) is 98.8 cm³/mol. The van der Waals surface area contributed by atoms with Crippen LogP contribution in [0.3, 0.4) is 0 Å². The van der Waals surface area contributed by atoms with Crippen molar-refractivity contribution in [1.82, 2.24) is 20.2 Å². The Kier molecular flexibility index (Phi) is 5.48. The van der Waals surface area contributed by atoms with Crippen LogP contribution in [0.4, 0.5) is 0 Å². The van der Waals surface area contributed by atoms with Crippen LogP contribution in [0.15, 0.2) is 51.9 Å². The van der Waals surface area contributed by atoms with Crippen LogP contribution in [0.2, 0.25) is 0 Å². The smallest absolute Gasteiger partial charge is 0.258 e.